The highest BCUT2D eigenvalue weighted by Gasteiger charge is 2.31. The minimum Gasteiger partial charge on any atom is -0.355 e. The number of hydrogen-bond acceptors (Lipinski definition) is 7. The van der Waals surface area contributed by atoms with Gasteiger partial charge in [0.05, 0.1) is 11.5 Å². The zero-order valence-corrected chi connectivity index (χ0v) is 14.6. The van der Waals surface area contributed by atoms with Gasteiger partial charge in [-0.1, -0.05) is 6.07 Å². The lowest BCUT2D eigenvalue weighted by Gasteiger charge is -2.25. The SMILES string of the molecule is Cc1cc(N(C)C2CCS(=O)(=O)C2)nc(NCc2cccnc2)n1. The normalized spacial score (nSPS) is 19.2. The van der Waals surface area contributed by atoms with Crippen molar-refractivity contribution in [3.8, 4) is 0 Å². The van der Waals surface area contributed by atoms with E-state index in [0.717, 1.165) is 17.1 Å². The molecule has 0 aliphatic carbocycles. The molecule has 2 aromatic rings. The van der Waals surface area contributed by atoms with Gasteiger partial charge in [0.15, 0.2) is 9.84 Å². The van der Waals surface area contributed by atoms with Gasteiger partial charge in [-0.05, 0) is 25.0 Å². The average Bonchev–Trinajstić information content (AvgIpc) is 2.93. The van der Waals surface area contributed by atoms with Crippen LogP contribution in [0.5, 0.6) is 0 Å². The predicted octanol–water partition coefficient (Wildman–Crippen LogP) is 1.42. The first-order chi connectivity index (χ1) is 11.4. The van der Waals surface area contributed by atoms with Gasteiger partial charge in [-0.15, -0.1) is 0 Å². The van der Waals surface area contributed by atoms with E-state index < -0.39 is 9.84 Å². The zero-order valence-electron chi connectivity index (χ0n) is 13.8. The van der Waals surface area contributed by atoms with Crippen molar-refractivity contribution in [3.63, 3.8) is 0 Å². The van der Waals surface area contributed by atoms with E-state index in [2.05, 4.69) is 20.3 Å². The van der Waals surface area contributed by atoms with Gasteiger partial charge < -0.3 is 10.2 Å². The Morgan fingerprint density at radius 1 is 1.38 bits per heavy atom. The lowest BCUT2D eigenvalue weighted by molar-refractivity contribution is 0.600. The second kappa shape index (κ2) is 6.72. The molecule has 2 aromatic heterocycles. The average molecular weight is 347 g/mol. The number of sulfone groups is 1. The van der Waals surface area contributed by atoms with Crippen molar-refractivity contribution in [2.45, 2.75) is 25.9 Å². The largest absolute Gasteiger partial charge is 0.355 e. The summed E-state index contributed by atoms with van der Waals surface area (Å²) < 4.78 is 23.4. The van der Waals surface area contributed by atoms with Gasteiger partial charge in [0.2, 0.25) is 5.95 Å². The van der Waals surface area contributed by atoms with Crippen LogP contribution in [0.25, 0.3) is 0 Å². The van der Waals surface area contributed by atoms with Crippen molar-refractivity contribution in [2.75, 3.05) is 28.8 Å². The molecule has 24 heavy (non-hydrogen) atoms. The van der Waals surface area contributed by atoms with Crippen LogP contribution in [0.15, 0.2) is 30.6 Å². The van der Waals surface area contributed by atoms with E-state index >= 15 is 0 Å². The molecule has 1 N–H and O–H groups in total. The van der Waals surface area contributed by atoms with Crippen molar-refractivity contribution in [1.29, 1.82) is 0 Å². The van der Waals surface area contributed by atoms with Crippen LogP contribution in [0.3, 0.4) is 0 Å². The molecule has 1 saturated heterocycles. The molecule has 1 aliphatic heterocycles. The molecule has 8 heteroatoms. The third-order valence-electron chi connectivity index (χ3n) is 4.13. The van der Waals surface area contributed by atoms with Crippen LogP contribution in [-0.4, -0.2) is 48.0 Å². The first kappa shape index (κ1) is 16.6. The van der Waals surface area contributed by atoms with Gasteiger partial charge in [0.1, 0.15) is 5.82 Å². The molecule has 0 bridgehead atoms. The van der Waals surface area contributed by atoms with E-state index in [4.69, 9.17) is 0 Å². The third-order valence-corrected chi connectivity index (χ3v) is 5.88. The van der Waals surface area contributed by atoms with Gasteiger partial charge in [0.25, 0.3) is 0 Å². The van der Waals surface area contributed by atoms with Gasteiger partial charge in [0, 0.05) is 43.8 Å². The number of anilines is 2. The minimum atomic E-state index is -2.92. The Morgan fingerprint density at radius 3 is 2.88 bits per heavy atom. The van der Waals surface area contributed by atoms with E-state index in [0.29, 0.717) is 18.9 Å². The van der Waals surface area contributed by atoms with Crippen LogP contribution < -0.4 is 10.2 Å². The van der Waals surface area contributed by atoms with Gasteiger partial charge in [-0.3, -0.25) is 4.98 Å². The van der Waals surface area contributed by atoms with Crippen LogP contribution in [0.2, 0.25) is 0 Å². The van der Waals surface area contributed by atoms with Crippen molar-refractivity contribution >= 4 is 21.6 Å². The van der Waals surface area contributed by atoms with Crippen LogP contribution in [-0.2, 0) is 16.4 Å². The van der Waals surface area contributed by atoms with Crippen LogP contribution >= 0.6 is 0 Å². The van der Waals surface area contributed by atoms with Crippen LogP contribution in [0, 0.1) is 6.92 Å². The van der Waals surface area contributed by atoms with E-state index in [1.807, 2.05) is 37.1 Å². The zero-order chi connectivity index (χ0) is 17.2. The first-order valence-corrected chi connectivity index (χ1v) is 9.67. The molecule has 0 spiro atoms. The standard InChI is InChI=1S/C16H21N5O2S/c1-12-8-15(21(2)14-5-7-24(22,23)11-14)20-16(19-12)18-10-13-4-3-6-17-9-13/h3-4,6,8-9,14H,5,7,10-11H2,1-2H3,(H,18,19,20). The summed E-state index contributed by atoms with van der Waals surface area (Å²) in [6, 6.07) is 5.70. The highest BCUT2D eigenvalue weighted by molar-refractivity contribution is 7.91. The van der Waals surface area contributed by atoms with Gasteiger partial charge >= 0.3 is 0 Å². The molecule has 1 aliphatic rings. The molecule has 0 saturated carbocycles. The molecule has 1 unspecified atom stereocenters. The maximum Gasteiger partial charge on any atom is 0.225 e. The lowest BCUT2D eigenvalue weighted by atomic mass is 10.2. The fourth-order valence-electron chi connectivity index (χ4n) is 2.76. The van der Waals surface area contributed by atoms with Crippen LogP contribution in [0.1, 0.15) is 17.7 Å². The molecule has 1 fully saturated rings. The Balaban J connectivity index is 1.74. The highest BCUT2D eigenvalue weighted by Crippen LogP contribution is 2.22. The quantitative estimate of drug-likeness (QED) is 0.875. The number of aromatic nitrogens is 3. The maximum absolute atomic E-state index is 11.7. The molecule has 0 aromatic carbocycles. The van der Waals surface area contributed by atoms with E-state index in [1.54, 1.807) is 12.4 Å². The topological polar surface area (TPSA) is 88.1 Å². The Morgan fingerprint density at radius 2 is 2.21 bits per heavy atom. The summed E-state index contributed by atoms with van der Waals surface area (Å²) in [6.45, 7) is 2.48. The number of pyridine rings is 1. The van der Waals surface area contributed by atoms with E-state index in [1.165, 1.54) is 0 Å². The monoisotopic (exact) mass is 347 g/mol. The smallest absolute Gasteiger partial charge is 0.225 e. The summed E-state index contributed by atoms with van der Waals surface area (Å²) in [5.74, 6) is 1.70. The molecule has 7 nitrogen and oxygen atoms in total. The molecule has 0 radical (unpaired) electrons. The highest BCUT2D eigenvalue weighted by atomic mass is 32.2. The molecule has 128 valence electrons. The first-order valence-electron chi connectivity index (χ1n) is 7.85. The summed E-state index contributed by atoms with van der Waals surface area (Å²) in [5.41, 5.74) is 1.88. The molecule has 0 amide bonds. The van der Waals surface area contributed by atoms with Crippen molar-refractivity contribution in [1.82, 2.24) is 15.0 Å². The summed E-state index contributed by atoms with van der Waals surface area (Å²) in [5, 5.41) is 3.20. The fourth-order valence-corrected chi connectivity index (χ4v) is 4.54. The van der Waals surface area contributed by atoms with Gasteiger partial charge in [-0.2, -0.15) is 4.98 Å². The van der Waals surface area contributed by atoms with Gasteiger partial charge in [-0.25, -0.2) is 13.4 Å². The number of nitrogens with one attached hydrogen (secondary N) is 1. The third kappa shape index (κ3) is 4.00. The van der Waals surface area contributed by atoms with Crippen molar-refractivity contribution in [2.24, 2.45) is 0 Å². The molecule has 3 rings (SSSR count). The Kier molecular flexibility index (Phi) is 4.66. The lowest BCUT2D eigenvalue weighted by Crippen LogP contribution is -2.33. The number of hydrogen-bond donors (Lipinski definition) is 1. The summed E-state index contributed by atoms with van der Waals surface area (Å²) in [7, 11) is -1.04. The van der Waals surface area contributed by atoms with Crippen LogP contribution in [0.4, 0.5) is 11.8 Å². The summed E-state index contributed by atoms with van der Waals surface area (Å²) in [6.07, 6.45) is 4.16. The van der Waals surface area contributed by atoms with E-state index in [9.17, 15) is 8.42 Å². The summed E-state index contributed by atoms with van der Waals surface area (Å²) >= 11 is 0. The second-order valence-electron chi connectivity index (χ2n) is 6.07. The number of aryl methyl sites for hydroxylation is 1. The second-order valence-corrected chi connectivity index (χ2v) is 8.30. The van der Waals surface area contributed by atoms with Crippen molar-refractivity contribution in [3.05, 3.63) is 41.9 Å². The predicted molar refractivity (Wildman–Crippen MR) is 93.8 cm³/mol. The van der Waals surface area contributed by atoms with Crippen molar-refractivity contribution < 1.29 is 8.42 Å². The molecular weight excluding hydrogens is 326 g/mol. The minimum absolute atomic E-state index is 0.0320. The number of rotatable bonds is 5. The Labute approximate surface area is 142 Å². The maximum atomic E-state index is 11.7. The molecule has 1 atom stereocenters. The number of nitrogens with zero attached hydrogens (tertiary/aromatic N) is 4. The van der Waals surface area contributed by atoms with E-state index in [-0.39, 0.29) is 17.5 Å². The molecule has 3 heterocycles. The molecular formula is C16H21N5O2S. The summed E-state index contributed by atoms with van der Waals surface area (Å²) in [4.78, 5) is 14.9. The Hall–Kier alpha value is -2.22. The Bertz CT molecular complexity index is 810. The fraction of sp³-hybridized carbons (Fsp3) is 0.438.